The van der Waals surface area contributed by atoms with Crippen LogP contribution < -0.4 is 9.47 Å². The van der Waals surface area contributed by atoms with Crippen molar-refractivity contribution in [3.05, 3.63) is 23.8 Å². The molecule has 0 amide bonds. The van der Waals surface area contributed by atoms with E-state index in [1.54, 1.807) is 18.2 Å². The summed E-state index contributed by atoms with van der Waals surface area (Å²) in [5.41, 5.74) is 0.436. The number of aliphatic hydroxyl groups is 1. The lowest BCUT2D eigenvalue weighted by Crippen LogP contribution is -2.07. The highest BCUT2D eigenvalue weighted by Crippen LogP contribution is 2.30. The molecule has 0 unspecified atom stereocenters. The van der Waals surface area contributed by atoms with Crippen molar-refractivity contribution in [1.29, 1.82) is 0 Å². The Labute approximate surface area is 93.2 Å². The van der Waals surface area contributed by atoms with Crippen LogP contribution in [0.5, 0.6) is 11.5 Å². The molecule has 5 nitrogen and oxygen atoms in total. The van der Waals surface area contributed by atoms with Crippen LogP contribution in [-0.2, 0) is 4.79 Å². The second-order valence-electron chi connectivity index (χ2n) is 3.22. The van der Waals surface area contributed by atoms with Gasteiger partial charge in [0.15, 0.2) is 0 Å². The quantitative estimate of drug-likeness (QED) is 0.789. The molecule has 5 heteroatoms. The van der Waals surface area contributed by atoms with Crippen LogP contribution in [0.2, 0.25) is 0 Å². The van der Waals surface area contributed by atoms with E-state index in [1.165, 1.54) is 14.2 Å². The Morgan fingerprint density at radius 2 is 2.06 bits per heavy atom. The number of carboxylic acids is 1. The number of methoxy groups -OCH3 is 2. The first-order valence-electron chi connectivity index (χ1n) is 4.70. The van der Waals surface area contributed by atoms with Gasteiger partial charge in [0, 0.05) is 11.6 Å². The van der Waals surface area contributed by atoms with Crippen molar-refractivity contribution in [2.24, 2.45) is 0 Å². The molecule has 0 radical (unpaired) electrons. The summed E-state index contributed by atoms with van der Waals surface area (Å²) in [5.74, 6) is -0.0680. The van der Waals surface area contributed by atoms with E-state index in [9.17, 15) is 9.90 Å². The number of aliphatic carboxylic acids is 1. The Bertz CT molecular complexity index is 375. The van der Waals surface area contributed by atoms with Gasteiger partial charge in [0.05, 0.1) is 26.7 Å². The number of benzene rings is 1. The van der Waals surface area contributed by atoms with Gasteiger partial charge < -0.3 is 19.7 Å². The summed E-state index contributed by atoms with van der Waals surface area (Å²) in [6.45, 7) is 0. The van der Waals surface area contributed by atoms with Crippen LogP contribution in [-0.4, -0.2) is 30.4 Å². The molecule has 1 aromatic carbocycles. The number of carbonyl (C=O) groups is 1. The summed E-state index contributed by atoms with van der Waals surface area (Å²) in [5, 5.41) is 18.2. The van der Waals surface area contributed by atoms with Gasteiger partial charge in [0.2, 0.25) is 0 Å². The number of carboxylic acid groups (broad SMARTS) is 1. The monoisotopic (exact) mass is 226 g/mol. The van der Waals surface area contributed by atoms with Gasteiger partial charge >= 0.3 is 5.97 Å². The highest BCUT2D eigenvalue weighted by Gasteiger charge is 2.17. The molecule has 0 fully saturated rings. The minimum atomic E-state index is -1.08. The molecule has 0 bridgehead atoms. The third kappa shape index (κ3) is 2.87. The van der Waals surface area contributed by atoms with Crippen molar-refractivity contribution < 1.29 is 24.5 Å². The summed E-state index contributed by atoms with van der Waals surface area (Å²) in [4.78, 5) is 10.5. The number of rotatable bonds is 5. The molecule has 1 rings (SSSR count). The normalized spacial score (nSPS) is 11.9. The predicted octanol–water partition coefficient (Wildman–Crippen LogP) is 1.21. The molecule has 0 saturated heterocycles. The van der Waals surface area contributed by atoms with Gasteiger partial charge in [-0.25, -0.2) is 0 Å². The maximum atomic E-state index is 10.5. The Kier molecular flexibility index (Phi) is 4.13. The Morgan fingerprint density at radius 3 is 2.56 bits per heavy atom. The van der Waals surface area contributed by atoms with E-state index >= 15 is 0 Å². The third-order valence-electron chi connectivity index (χ3n) is 2.17. The lowest BCUT2D eigenvalue weighted by atomic mass is 10.1. The van der Waals surface area contributed by atoms with Crippen LogP contribution in [0.25, 0.3) is 0 Å². The first-order valence-corrected chi connectivity index (χ1v) is 4.70. The molecule has 0 aliphatic rings. The number of aliphatic hydroxyl groups excluding tert-OH is 1. The van der Waals surface area contributed by atoms with E-state index in [0.29, 0.717) is 17.1 Å². The average molecular weight is 226 g/mol. The van der Waals surface area contributed by atoms with Gasteiger partial charge in [0.25, 0.3) is 0 Å². The van der Waals surface area contributed by atoms with Crippen molar-refractivity contribution in [2.75, 3.05) is 14.2 Å². The molecule has 16 heavy (non-hydrogen) atoms. The fraction of sp³-hybridized carbons (Fsp3) is 0.364. The standard InChI is InChI=1S/C11H14O5/c1-15-7-3-4-8(10(5-7)16-2)9(12)6-11(13)14/h3-5,9,12H,6H2,1-2H3,(H,13,14)/t9-/m0/s1. The number of ether oxygens (including phenoxy) is 2. The number of hydrogen-bond acceptors (Lipinski definition) is 4. The van der Waals surface area contributed by atoms with Crippen LogP contribution in [0.3, 0.4) is 0 Å². The average Bonchev–Trinajstić information content (AvgIpc) is 2.27. The number of hydrogen-bond donors (Lipinski definition) is 2. The van der Waals surface area contributed by atoms with Gasteiger partial charge in [-0.3, -0.25) is 4.79 Å². The molecule has 0 spiro atoms. The summed E-state index contributed by atoms with van der Waals surface area (Å²) in [6.07, 6.45) is -1.44. The lowest BCUT2D eigenvalue weighted by Gasteiger charge is -2.14. The molecule has 0 aromatic heterocycles. The van der Waals surface area contributed by atoms with Gasteiger partial charge in [-0.1, -0.05) is 0 Å². The smallest absolute Gasteiger partial charge is 0.306 e. The van der Waals surface area contributed by atoms with Crippen LogP contribution >= 0.6 is 0 Å². The van der Waals surface area contributed by atoms with Crippen molar-refractivity contribution in [3.63, 3.8) is 0 Å². The molecule has 1 atom stereocenters. The second-order valence-corrected chi connectivity index (χ2v) is 3.22. The molecule has 0 saturated carbocycles. The van der Waals surface area contributed by atoms with E-state index in [1.807, 2.05) is 0 Å². The summed E-state index contributed by atoms with van der Waals surface area (Å²) in [6, 6.07) is 4.83. The Balaban J connectivity index is 2.98. The van der Waals surface area contributed by atoms with Crippen molar-refractivity contribution >= 4 is 5.97 Å². The van der Waals surface area contributed by atoms with E-state index in [2.05, 4.69) is 0 Å². The first-order chi connectivity index (χ1) is 7.58. The van der Waals surface area contributed by atoms with Gasteiger partial charge in [-0.15, -0.1) is 0 Å². The SMILES string of the molecule is COc1ccc([C@@H](O)CC(=O)O)c(OC)c1. The largest absolute Gasteiger partial charge is 0.497 e. The molecule has 2 N–H and O–H groups in total. The highest BCUT2D eigenvalue weighted by molar-refractivity contribution is 5.68. The zero-order chi connectivity index (χ0) is 12.1. The first kappa shape index (κ1) is 12.3. The van der Waals surface area contributed by atoms with Crippen molar-refractivity contribution in [2.45, 2.75) is 12.5 Å². The maximum absolute atomic E-state index is 10.5. The molecule has 0 aliphatic heterocycles. The summed E-state index contributed by atoms with van der Waals surface area (Å²) >= 11 is 0. The maximum Gasteiger partial charge on any atom is 0.306 e. The topological polar surface area (TPSA) is 76.0 Å². The fourth-order valence-electron chi connectivity index (χ4n) is 1.37. The molecular weight excluding hydrogens is 212 g/mol. The van der Waals surface area contributed by atoms with Crippen LogP contribution in [0.15, 0.2) is 18.2 Å². The van der Waals surface area contributed by atoms with Crippen molar-refractivity contribution in [3.8, 4) is 11.5 Å². The summed E-state index contributed by atoms with van der Waals surface area (Å²) in [7, 11) is 2.97. The second kappa shape index (κ2) is 5.37. The van der Waals surface area contributed by atoms with Crippen LogP contribution in [0, 0.1) is 0 Å². The Hall–Kier alpha value is -1.75. The molecule has 0 aliphatic carbocycles. The minimum absolute atomic E-state index is 0.358. The molecule has 0 heterocycles. The van der Waals surface area contributed by atoms with Crippen LogP contribution in [0.1, 0.15) is 18.1 Å². The third-order valence-corrected chi connectivity index (χ3v) is 2.17. The fourth-order valence-corrected chi connectivity index (χ4v) is 1.37. The van der Waals surface area contributed by atoms with Gasteiger partial charge in [-0.05, 0) is 12.1 Å². The zero-order valence-electron chi connectivity index (χ0n) is 9.14. The molecule has 1 aromatic rings. The van der Waals surface area contributed by atoms with Gasteiger partial charge in [0.1, 0.15) is 11.5 Å². The molecular formula is C11H14O5. The minimum Gasteiger partial charge on any atom is -0.497 e. The molecule has 88 valence electrons. The highest BCUT2D eigenvalue weighted by atomic mass is 16.5. The van der Waals surface area contributed by atoms with Gasteiger partial charge in [-0.2, -0.15) is 0 Å². The lowest BCUT2D eigenvalue weighted by molar-refractivity contribution is -0.139. The van der Waals surface area contributed by atoms with Crippen LogP contribution in [0.4, 0.5) is 0 Å². The van der Waals surface area contributed by atoms with E-state index < -0.39 is 12.1 Å². The zero-order valence-corrected chi connectivity index (χ0v) is 9.14. The van der Waals surface area contributed by atoms with E-state index in [-0.39, 0.29) is 6.42 Å². The van der Waals surface area contributed by atoms with E-state index in [0.717, 1.165) is 0 Å². The van der Waals surface area contributed by atoms with E-state index in [4.69, 9.17) is 14.6 Å². The Morgan fingerprint density at radius 1 is 1.38 bits per heavy atom. The van der Waals surface area contributed by atoms with Crippen molar-refractivity contribution in [1.82, 2.24) is 0 Å². The predicted molar refractivity (Wildman–Crippen MR) is 56.8 cm³/mol. The summed E-state index contributed by atoms with van der Waals surface area (Å²) < 4.78 is 10.1.